The molecule has 25 heavy (non-hydrogen) atoms. The van der Waals surface area contributed by atoms with Crippen molar-refractivity contribution in [3.05, 3.63) is 65.7 Å². The van der Waals surface area contributed by atoms with Crippen molar-refractivity contribution < 1.29 is 9.59 Å². The minimum atomic E-state index is -0.0907. The van der Waals surface area contributed by atoms with Crippen molar-refractivity contribution in [3.8, 4) is 0 Å². The van der Waals surface area contributed by atoms with Gasteiger partial charge in [0.1, 0.15) is 0 Å². The van der Waals surface area contributed by atoms with E-state index < -0.39 is 0 Å². The highest BCUT2D eigenvalue weighted by Gasteiger charge is 2.10. The molecule has 0 radical (unpaired) electrons. The van der Waals surface area contributed by atoms with Crippen LogP contribution in [-0.2, 0) is 11.2 Å². The third-order valence-corrected chi connectivity index (χ3v) is 3.99. The molecule has 4 heteroatoms. The third-order valence-electron chi connectivity index (χ3n) is 3.99. The molecule has 2 aromatic rings. The molecule has 0 aliphatic carbocycles. The van der Waals surface area contributed by atoms with Gasteiger partial charge in [0.2, 0.25) is 5.91 Å². The highest BCUT2D eigenvalue weighted by molar-refractivity contribution is 5.95. The van der Waals surface area contributed by atoms with Crippen LogP contribution in [0.3, 0.4) is 0 Å². The monoisotopic (exact) mass is 338 g/mol. The van der Waals surface area contributed by atoms with Gasteiger partial charge in [-0.2, -0.15) is 0 Å². The SMILES string of the molecule is CCCC(=O)Nc1ccc(C(=O)N[C@@H](C)CCc2ccccc2)cc1. The van der Waals surface area contributed by atoms with Crippen molar-refractivity contribution in [2.45, 2.75) is 45.6 Å². The lowest BCUT2D eigenvalue weighted by atomic mass is 10.1. The first-order valence-corrected chi connectivity index (χ1v) is 8.83. The van der Waals surface area contributed by atoms with E-state index in [1.807, 2.05) is 32.0 Å². The fourth-order valence-electron chi connectivity index (χ4n) is 2.56. The summed E-state index contributed by atoms with van der Waals surface area (Å²) in [6.45, 7) is 3.98. The Balaban J connectivity index is 1.82. The number of amides is 2. The van der Waals surface area contributed by atoms with Gasteiger partial charge in [-0.1, -0.05) is 37.3 Å². The normalized spacial score (nSPS) is 11.6. The van der Waals surface area contributed by atoms with Crippen LogP contribution >= 0.6 is 0 Å². The molecule has 0 heterocycles. The van der Waals surface area contributed by atoms with E-state index in [-0.39, 0.29) is 17.9 Å². The number of hydrogen-bond acceptors (Lipinski definition) is 2. The van der Waals surface area contributed by atoms with Crippen molar-refractivity contribution in [3.63, 3.8) is 0 Å². The minimum absolute atomic E-state index is 0.00534. The van der Waals surface area contributed by atoms with E-state index in [1.54, 1.807) is 24.3 Å². The van der Waals surface area contributed by atoms with Gasteiger partial charge in [0.15, 0.2) is 0 Å². The molecule has 1 atom stereocenters. The largest absolute Gasteiger partial charge is 0.350 e. The quantitative estimate of drug-likeness (QED) is 0.759. The van der Waals surface area contributed by atoms with Gasteiger partial charge >= 0.3 is 0 Å². The number of hydrogen-bond donors (Lipinski definition) is 2. The van der Waals surface area contributed by atoms with E-state index in [4.69, 9.17) is 0 Å². The molecule has 0 bridgehead atoms. The Morgan fingerprint density at radius 1 is 1.00 bits per heavy atom. The number of carbonyl (C=O) groups excluding carboxylic acids is 2. The minimum Gasteiger partial charge on any atom is -0.350 e. The van der Waals surface area contributed by atoms with Crippen molar-refractivity contribution in [2.75, 3.05) is 5.32 Å². The van der Waals surface area contributed by atoms with E-state index in [0.29, 0.717) is 17.7 Å². The standard InChI is InChI=1S/C21H26N2O2/c1-3-7-20(24)23-19-14-12-18(13-15-19)21(25)22-16(2)10-11-17-8-5-4-6-9-17/h4-6,8-9,12-16H,3,7,10-11H2,1-2H3,(H,22,25)(H,23,24)/t16-/m0/s1. The van der Waals surface area contributed by atoms with Crippen LogP contribution in [0, 0.1) is 0 Å². The zero-order chi connectivity index (χ0) is 18.1. The molecule has 0 spiro atoms. The Labute approximate surface area is 149 Å². The number of anilines is 1. The van der Waals surface area contributed by atoms with Crippen molar-refractivity contribution in [1.82, 2.24) is 5.32 Å². The molecule has 132 valence electrons. The van der Waals surface area contributed by atoms with Crippen LogP contribution in [0.5, 0.6) is 0 Å². The topological polar surface area (TPSA) is 58.2 Å². The number of rotatable bonds is 8. The van der Waals surface area contributed by atoms with E-state index in [1.165, 1.54) is 5.56 Å². The molecule has 4 nitrogen and oxygen atoms in total. The van der Waals surface area contributed by atoms with E-state index in [9.17, 15) is 9.59 Å². The fourth-order valence-corrected chi connectivity index (χ4v) is 2.56. The Bertz CT molecular complexity index is 681. The smallest absolute Gasteiger partial charge is 0.251 e. The summed E-state index contributed by atoms with van der Waals surface area (Å²) in [7, 11) is 0. The lowest BCUT2D eigenvalue weighted by molar-refractivity contribution is -0.116. The van der Waals surface area contributed by atoms with Crippen molar-refractivity contribution in [1.29, 1.82) is 0 Å². The molecule has 2 N–H and O–H groups in total. The van der Waals surface area contributed by atoms with Gasteiger partial charge < -0.3 is 10.6 Å². The average Bonchev–Trinajstić information content (AvgIpc) is 2.61. The molecule has 0 saturated heterocycles. The van der Waals surface area contributed by atoms with Gasteiger partial charge in [0.05, 0.1) is 0 Å². The average molecular weight is 338 g/mol. The molecular formula is C21H26N2O2. The van der Waals surface area contributed by atoms with Gasteiger partial charge in [-0.3, -0.25) is 9.59 Å². The fraction of sp³-hybridized carbons (Fsp3) is 0.333. The lowest BCUT2D eigenvalue weighted by Crippen LogP contribution is -2.32. The Kier molecular flexibility index (Phi) is 7.20. The van der Waals surface area contributed by atoms with Gasteiger partial charge in [0.25, 0.3) is 5.91 Å². The molecule has 0 unspecified atom stereocenters. The Hall–Kier alpha value is -2.62. The van der Waals surface area contributed by atoms with E-state index in [2.05, 4.69) is 22.8 Å². The second-order valence-electron chi connectivity index (χ2n) is 6.27. The predicted octanol–water partition coefficient (Wildman–Crippen LogP) is 4.18. The summed E-state index contributed by atoms with van der Waals surface area (Å²) in [5, 5.41) is 5.84. The highest BCUT2D eigenvalue weighted by atomic mass is 16.2. The summed E-state index contributed by atoms with van der Waals surface area (Å²) in [6.07, 6.45) is 3.14. The van der Waals surface area contributed by atoms with Crippen molar-refractivity contribution >= 4 is 17.5 Å². The van der Waals surface area contributed by atoms with Crippen LogP contribution in [0.25, 0.3) is 0 Å². The van der Waals surface area contributed by atoms with Crippen molar-refractivity contribution in [2.24, 2.45) is 0 Å². The Morgan fingerprint density at radius 2 is 1.68 bits per heavy atom. The maximum absolute atomic E-state index is 12.3. The first-order valence-electron chi connectivity index (χ1n) is 8.83. The van der Waals surface area contributed by atoms with Gasteiger partial charge in [-0.25, -0.2) is 0 Å². The molecule has 2 rings (SSSR count). The number of carbonyl (C=O) groups is 2. The predicted molar refractivity (Wildman–Crippen MR) is 102 cm³/mol. The molecular weight excluding hydrogens is 312 g/mol. The first-order chi connectivity index (χ1) is 12.1. The second kappa shape index (κ2) is 9.62. The number of nitrogens with one attached hydrogen (secondary N) is 2. The van der Waals surface area contributed by atoms with Crippen LogP contribution in [0.4, 0.5) is 5.69 Å². The summed E-state index contributed by atoms with van der Waals surface area (Å²) in [4.78, 5) is 23.9. The Morgan fingerprint density at radius 3 is 2.32 bits per heavy atom. The third kappa shape index (κ3) is 6.42. The maximum atomic E-state index is 12.3. The first kappa shape index (κ1) is 18.7. The summed E-state index contributed by atoms with van der Waals surface area (Å²) in [5.41, 5.74) is 2.59. The van der Waals surface area contributed by atoms with Crippen LogP contribution in [0.15, 0.2) is 54.6 Å². The van der Waals surface area contributed by atoms with Crippen LogP contribution in [-0.4, -0.2) is 17.9 Å². The van der Waals surface area contributed by atoms with E-state index >= 15 is 0 Å². The zero-order valence-electron chi connectivity index (χ0n) is 14.9. The molecule has 0 aromatic heterocycles. The van der Waals surface area contributed by atoms with E-state index in [0.717, 1.165) is 19.3 Å². The maximum Gasteiger partial charge on any atom is 0.251 e. The molecule has 2 aromatic carbocycles. The van der Waals surface area contributed by atoms with Crippen LogP contribution in [0.1, 0.15) is 49.0 Å². The molecule has 0 fully saturated rings. The summed E-state index contributed by atoms with van der Waals surface area (Å²) >= 11 is 0. The lowest BCUT2D eigenvalue weighted by Gasteiger charge is -2.14. The zero-order valence-corrected chi connectivity index (χ0v) is 14.9. The van der Waals surface area contributed by atoms with Gasteiger partial charge in [-0.05, 0) is 56.0 Å². The molecule has 0 aliphatic heterocycles. The number of benzene rings is 2. The second-order valence-corrected chi connectivity index (χ2v) is 6.27. The van der Waals surface area contributed by atoms with Crippen LogP contribution < -0.4 is 10.6 Å². The summed E-state index contributed by atoms with van der Waals surface area (Å²) in [5.74, 6) is -0.0961. The van der Waals surface area contributed by atoms with Gasteiger partial charge in [0, 0.05) is 23.7 Å². The summed E-state index contributed by atoms with van der Waals surface area (Å²) < 4.78 is 0. The molecule has 0 saturated carbocycles. The molecule has 0 aliphatic rings. The van der Waals surface area contributed by atoms with Gasteiger partial charge in [-0.15, -0.1) is 0 Å². The molecule has 2 amide bonds. The number of aryl methyl sites for hydroxylation is 1. The highest BCUT2D eigenvalue weighted by Crippen LogP contribution is 2.11. The summed E-state index contributed by atoms with van der Waals surface area (Å²) in [6, 6.07) is 17.3. The van der Waals surface area contributed by atoms with Crippen LogP contribution in [0.2, 0.25) is 0 Å².